The van der Waals surface area contributed by atoms with Crippen LogP contribution in [-0.2, 0) is 11.3 Å². The fourth-order valence-electron chi connectivity index (χ4n) is 1.96. The summed E-state index contributed by atoms with van der Waals surface area (Å²) < 4.78 is 18.1. The maximum atomic E-state index is 12.9. The number of carbonyl (C=O) groups is 1. The minimum absolute atomic E-state index is 0.0343. The van der Waals surface area contributed by atoms with E-state index in [2.05, 4.69) is 0 Å². The largest absolute Gasteiger partial charge is 0.477 e. The van der Waals surface area contributed by atoms with Gasteiger partial charge in [-0.1, -0.05) is 23.7 Å². The number of carbonyl (C=O) groups excluding carboxylic acids is 1. The molecule has 0 spiro atoms. The molecular weight excluding hydrogens is 339 g/mol. The Kier molecular flexibility index (Phi) is 5.70. The van der Waals surface area contributed by atoms with Gasteiger partial charge in [0.1, 0.15) is 5.82 Å². The molecule has 8 heteroatoms. The van der Waals surface area contributed by atoms with E-state index < -0.39 is 4.92 Å². The zero-order valence-corrected chi connectivity index (χ0v) is 13.5. The van der Waals surface area contributed by atoms with Gasteiger partial charge in [-0.25, -0.2) is 4.39 Å². The molecule has 0 heterocycles. The molecule has 0 aromatic heterocycles. The Morgan fingerprint density at radius 2 is 1.96 bits per heavy atom. The molecule has 0 radical (unpaired) electrons. The summed E-state index contributed by atoms with van der Waals surface area (Å²) in [6.07, 6.45) is 0. The van der Waals surface area contributed by atoms with Crippen LogP contribution < -0.4 is 4.74 Å². The summed E-state index contributed by atoms with van der Waals surface area (Å²) in [7, 11) is 1.56. The molecule has 1 amide bonds. The van der Waals surface area contributed by atoms with Crippen molar-refractivity contribution in [2.24, 2.45) is 0 Å². The third kappa shape index (κ3) is 4.66. The SMILES string of the molecule is CN(Cc1ccc(F)cc1)C(=O)COc1ccc(Cl)cc1[N+](=O)[O-]. The van der Waals surface area contributed by atoms with E-state index in [-0.39, 0.29) is 41.3 Å². The molecule has 0 unspecified atom stereocenters. The molecule has 0 N–H and O–H groups in total. The highest BCUT2D eigenvalue weighted by molar-refractivity contribution is 6.30. The van der Waals surface area contributed by atoms with Crippen LogP contribution >= 0.6 is 11.6 Å². The number of amides is 1. The van der Waals surface area contributed by atoms with Crippen LogP contribution in [0.2, 0.25) is 5.02 Å². The average molecular weight is 353 g/mol. The van der Waals surface area contributed by atoms with E-state index in [0.717, 1.165) is 11.6 Å². The fourth-order valence-corrected chi connectivity index (χ4v) is 2.12. The quantitative estimate of drug-likeness (QED) is 0.589. The third-order valence-corrected chi connectivity index (χ3v) is 3.46. The molecule has 0 aliphatic carbocycles. The molecule has 24 heavy (non-hydrogen) atoms. The zero-order valence-electron chi connectivity index (χ0n) is 12.7. The number of likely N-dealkylation sites (N-methyl/N-ethyl adjacent to an activating group) is 1. The molecule has 0 saturated carbocycles. The van der Waals surface area contributed by atoms with Gasteiger partial charge in [0.2, 0.25) is 0 Å². The molecular formula is C16H14ClFN2O4. The highest BCUT2D eigenvalue weighted by Gasteiger charge is 2.18. The lowest BCUT2D eigenvalue weighted by atomic mass is 10.2. The molecule has 0 saturated heterocycles. The van der Waals surface area contributed by atoms with Gasteiger partial charge in [-0.15, -0.1) is 0 Å². The van der Waals surface area contributed by atoms with Crippen molar-refractivity contribution in [3.8, 4) is 5.75 Å². The molecule has 0 aliphatic heterocycles. The summed E-state index contributed by atoms with van der Waals surface area (Å²) in [6.45, 7) is -0.0919. The number of hydrogen-bond donors (Lipinski definition) is 0. The van der Waals surface area contributed by atoms with Crippen LogP contribution in [0.4, 0.5) is 10.1 Å². The van der Waals surface area contributed by atoms with Crippen LogP contribution in [0.15, 0.2) is 42.5 Å². The predicted molar refractivity (Wildman–Crippen MR) is 86.5 cm³/mol. The van der Waals surface area contributed by atoms with Crippen molar-refractivity contribution in [2.75, 3.05) is 13.7 Å². The topological polar surface area (TPSA) is 72.7 Å². The number of benzene rings is 2. The fraction of sp³-hybridized carbons (Fsp3) is 0.188. The van der Waals surface area contributed by atoms with E-state index in [1.54, 1.807) is 19.2 Å². The van der Waals surface area contributed by atoms with Gasteiger partial charge in [-0.2, -0.15) is 0 Å². The van der Waals surface area contributed by atoms with Crippen molar-refractivity contribution in [2.45, 2.75) is 6.54 Å². The first kappa shape index (κ1) is 17.7. The normalized spacial score (nSPS) is 10.3. The number of nitro benzene ring substituents is 1. The first-order valence-corrected chi connectivity index (χ1v) is 7.30. The van der Waals surface area contributed by atoms with Gasteiger partial charge in [-0.3, -0.25) is 14.9 Å². The van der Waals surface area contributed by atoms with Gasteiger partial charge < -0.3 is 9.64 Å². The van der Waals surface area contributed by atoms with Crippen molar-refractivity contribution in [1.82, 2.24) is 4.90 Å². The summed E-state index contributed by atoms with van der Waals surface area (Å²) in [5.74, 6) is -0.761. The Hall–Kier alpha value is -2.67. The van der Waals surface area contributed by atoms with Crippen molar-refractivity contribution < 1.29 is 18.8 Å². The molecule has 6 nitrogen and oxygen atoms in total. The van der Waals surface area contributed by atoms with Crippen LogP contribution in [0.3, 0.4) is 0 Å². The Morgan fingerprint density at radius 3 is 2.58 bits per heavy atom. The Morgan fingerprint density at radius 1 is 1.29 bits per heavy atom. The van der Waals surface area contributed by atoms with Gasteiger partial charge in [-0.05, 0) is 29.8 Å². The van der Waals surface area contributed by atoms with Gasteiger partial charge >= 0.3 is 5.69 Å². The van der Waals surface area contributed by atoms with E-state index in [1.165, 1.54) is 29.2 Å². The first-order chi connectivity index (χ1) is 11.4. The van der Waals surface area contributed by atoms with Gasteiger partial charge in [0.25, 0.3) is 5.91 Å². The van der Waals surface area contributed by atoms with Crippen molar-refractivity contribution >= 4 is 23.2 Å². The van der Waals surface area contributed by atoms with Gasteiger partial charge in [0.05, 0.1) is 4.92 Å². The van der Waals surface area contributed by atoms with Crippen LogP contribution in [0.5, 0.6) is 5.75 Å². The molecule has 2 aromatic carbocycles. The highest BCUT2D eigenvalue weighted by Crippen LogP contribution is 2.29. The molecule has 0 fully saturated rings. The average Bonchev–Trinajstić information content (AvgIpc) is 2.55. The second-order valence-electron chi connectivity index (χ2n) is 5.03. The van der Waals surface area contributed by atoms with E-state index >= 15 is 0 Å². The number of nitro groups is 1. The summed E-state index contributed by atoms with van der Waals surface area (Å²) >= 11 is 5.71. The minimum atomic E-state index is -0.631. The van der Waals surface area contributed by atoms with E-state index in [9.17, 15) is 19.3 Å². The molecule has 2 rings (SSSR count). The lowest BCUT2D eigenvalue weighted by Crippen LogP contribution is -2.31. The number of nitrogens with zero attached hydrogens (tertiary/aromatic N) is 2. The standard InChI is InChI=1S/C16H14ClFN2O4/c1-19(9-11-2-5-13(18)6-3-11)16(21)10-24-15-7-4-12(17)8-14(15)20(22)23/h2-8H,9-10H2,1H3. The maximum Gasteiger partial charge on any atom is 0.312 e. The number of hydrogen-bond acceptors (Lipinski definition) is 4. The maximum absolute atomic E-state index is 12.9. The van der Waals surface area contributed by atoms with Crippen LogP contribution in [0.25, 0.3) is 0 Å². The Labute approximate surface area is 142 Å². The second kappa shape index (κ2) is 7.74. The molecule has 0 aliphatic rings. The smallest absolute Gasteiger partial charge is 0.312 e. The second-order valence-corrected chi connectivity index (χ2v) is 5.47. The van der Waals surface area contributed by atoms with Crippen LogP contribution in [0.1, 0.15) is 5.56 Å². The van der Waals surface area contributed by atoms with Crippen LogP contribution in [-0.4, -0.2) is 29.4 Å². The van der Waals surface area contributed by atoms with Gasteiger partial charge in [0.15, 0.2) is 12.4 Å². The van der Waals surface area contributed by atoms with Gasteiger partial charge in [0, 0.05) is 24.7 Å². The molecule has 0 bridgehead atoms. The summed E-state index contributed by atoms with van der Waals surface area (Å²) in [5.41, 5.74) is 0.446. The van der Waals surface area contributed by atoms with Crippen molar-refractivity contribution in [3.05, 3.63) is 69.0 Å². The third-order valence-electron chi connectivity index (χ3n) is 3.23. The number of halogens is 2. The molecule has 2 aromatic rings. The van der Waals surface area contributed by atoms with Crippen molar-refractivity contribution in [3.63, 3.8) is 0 Å². The monoisotopic (exact) mass is 352 g/mol. The highest BCUT2D eigenvalue weighted by atomic mass is 35.5. The summed E-state index contributed by atoms with van der Waals surface area (Å²) in [5, 5.41) is 11.2. The van der Waals surface area contributed by atoms with E-state index in [1.807, 2.05) is 0 Å². The predicted octanol–water partition coefficient (Wildman–Crippen LogP) is 3.42. The lowest BCUT2D eigenvalue weighted by Gasteiger charge is -2.17. The Balaban J connectivity index is 1.97. The Bertz CT molecular complexity index is 752. The molecule has 0 atom stereocenters. The number of ether oxygens (including phenoxy) is 1. The van der Waals surface area contributed by atoms with E-state index in [4.69, 9.17) is 16.3 Å². The summed E-state index contributed by atoms with van der Waals surface area (Å²) in [6, 6.07) is 9.70. The van der Waals surface area contributed by atoms with Crippen molar-refractivity contribution in [1.29, 1.82) is 0 Å². The number of rotatable bonds is 6. The lowest BCUT2D eigenvalue weighted by molar-refractivity contribution is -0.385. The molecule has 126 valence electrons. The summed E-state index contributed by atoms with van der Waals surface area (Å²) in [4.78, 5) is 23.8. The zero-order chi connectivity index (χ0) is 17.7. The first-order valence-electron chi connectivity index (χ1n) is 6.92. The van der Waals surface area contributed by atoms with Crippen LogP contribution in [0, 0.1) is 15.9 Å². The van der Waals surface area contributed by atoms with E-state index in [0.29, 0.717) is 0 Å². The minimum Gasteiger partial charge on any atom is -0.477 e.